The molecule has 1 aromatic rings. The van der Waals surface area contributed by atoms with E-state index in [1.54, 1.807) is 4.90 Å². The summed E-state index contributed by atoms with van der Waals surface area (Å²) >= 11 is 0. The lowest BCUT2D eigenvalue weighted by Gasteiger charge is -2.25. The fourth-order valence-corrected chi connectivity index (χ4v) is 3.49. The molecular weight excluding hydrogens is 300 g/mol. The topological polar surface area (TPSA) is 63.4 Å². The van der Waals surface area contributed by atoms with Crippen LogP contribution < -0.4 is 5.73 Å². The van der Waals surface area contributed by atoms with Crippen molar-refractivity contribution < 1.29 is 9.59 Å². The van der Waals surface area contributed by atoms with Crippen molar-refractivity contribution in [3.8, 4) is 11.8 Å². The number of aryl methyl sites for hydroxylation is 1. The molecule has 2 amide bonds. The molecule has 126 valence electrons. The summed E-state index contributed by atoms with van der Waals surface area (Å²) in [7, 11) is 0. The van der Waals surface area contributed by atoms with Crippen LogP contribution in [0.5, 0.6) is 0 Å². The third-order valence-electron chi connectivity index (χ3n) is 4.84. The van der Waals surface area contributed by atoms with Crippen molar-refractivity contribution in [3.63, 3.8) is 0 Å². The lowest BCUT2D eigenvalue weighted by Crippen LogP contribution is -2.46. The molecule has 3 rings (SSSR count). The molecule has 0 aromatic heterocycles. The van der Waals surface area contributed by atoms with E-state index in [9.17, 15) is 9.59 Å². The number of hydrogen-bond donors (Lipinski definition) is 1. The Morgan fingerprint density at radius 2 is 2.12 bits per heavy atom. The van der Waals surface area contributed by atoms with Gasteiger partial charge in [-0.25, -0.2) is 0 Å². The zero-order valence-corrected chi connectivity index (χ0v) is 14.5. The van der Waals surface area contributed by atoms with Gasteiger partial charge in [-0.1, -0.05) is 31.8 Å². The summed E-state index contributed by atoms with van der Waals surface area (Å²) in [5, 5.41) is 0. The summed E-state index contributed by atoms with van der Waals surface area (Å²) < 4.78 is 0. The molecule has 1 aliphatic heterocycles. The summed E-state index contributed by atoms with van der Waals surface area (Å²) in [4.78, 5) is 26.4. The van der Waals surface area contributed by atoms with Gasteiger partial charge in [0.05, 0.1) is 5.56 Å². The number of carbonyl (C=O) groups is 2. The predicted octanol–water partition coefficient (Wildman–Crippen LogP) is 2.34. The Balaban J connectivity index is 1.89. The Morgan fingerprint density at radius 3 is 2.79 bits per heavy atom. The first-order valence-electron chi connectivity index (χ1n) is 8.58. The van der Waals surface area contributed by atoms with Crippen LogP contribution in [0, 0.1) is 36.5 Å². The zero-order chi connectivity index (χ0) is 17.4. The van der Waals surface area contributed by atoms with Gasteiger partial charge in [-0.2, -0.15) is 0 Å². The number of piperidine rings is 1. The third kappa shape index (κ3) is 3.17. The van der Waals surface area contributed by atoms with Crippen LogP contribution >= 0.6 is 0 Å². The molecule has 2 N–H and O–H groups in total. The fourth-order valence-electron chi connectivity index (χ4n) is 3.49. The van der Waals surface area contributed by atoms with Crippen LogP contribution in [0.25, 0.3) is 0 Å². The maximum atomic E-state index is 13.0. The lowest BCUT2D eigenvalue weighted by molar-refractivity contribution is -0.122. The van der Waals surface area contributed by atoms with Crippen molar-refractivity contribution in [2.45, 2.75) is 39.7 Å². The lowest BCUT2D eigenvalue weighted by atomic mass is 10.0. The maximum Gasteiger partial charge on any atom is 0.255 e. The third-order valence-corrected chi connectivity index (χ3v) is 4.84. The first kappa shape index (κ1) is 16.6. The van der Waals surface area contributed by atoms with Crippen molar-refractivity contribution in [1.82, 2.24) is 4.90 Å². The SMILES string of the molecule is Cc1ccc(C(=O)N2C[C@H]3C[C@H]3[C@H]2C(N)=O)c(C#CCC(C)C)c1. The molecule has 1 saturated carbocycles. The van der Waals surface area contributed by atoms with Gasteiger partial charge in [0.15, 0.2) is 0 Å². The molecule has 1 heterocycles. The highest BCUT2D eigenvalue weighted by Crippen LogP contribution is 2.49. The van der Waals surface area contributed by atoms with E-state index in [1.807, 2.05) is 25.1 Å². The van der Waals surface area contributed by atoms with E-state index < -0.39 is 11.9 Å². The number of fused-ring (bicyclic) bond motifs is 1. The van der Waals surface area contributed by atoms with Gasteiger partial charge in [0, 0.05) is 18.5 Å². The number of nitrogens with zero attached hydrogens (tertiary/aromatic N) is 1. The van der Waals surface area contributed by atoms with Gasteiger partial charge < -0.3 is 10.6 Å². The van der Waals surface area contributed by atoms with Crippen LogP contribution in [0.1, 0.15) is 48.2 Å². The van der Waals surface area contributed by atoms with E-state index in [2.05, 4.69) is 25.7 Å². The Kier molecular flexibility index (Phi) is 4.36. The average Bonchev–Trinajstić information content (AvgIpc) is 3.15. The van der Waals surface area contributed by atoms with E-state index in [1.165, 1.54) is 0 Å². The summed E-state index contributed by atoms with van der Waals surface area (Å²) in [5.41, 5.74) is 7.92. The molecule has 1 aliphatic carbocycles. The van der Waals surface area contributed by atoms with Crippen molar-refractivity contribution in [3.05, 3.63) is 34.9 Å². The standard InChI is InChI=1S/C20H24N2O2/c1-12(2)5-4-6-14-9-13(3)7-8-16(14)20(24)22-11-15-10-17(15)18(22)19(21)23/h7-9,12,15,17-18H,5,10-11H2,1-3H3,(H2,21,23)/t15-,17-,18+/m1/s1. The number of rotatable bonds is 3. The minimum absolute atomic E-state index is 0.125. The summed E-state index contributed by atoms with van der Waals surface area (Å²) in [5.74, 6) is 6.96. The van der Waals surface area contributed by atoms with Crippen LogP contribution in [-0.4, -0.2) is 29.3 Å². The van der Waals surface area contributed by atoms with Gasteiger partial charge in [-0.15, -0.1) is 0 Å². The van der Waals surface area contributed by atoms with Gasteiger partial charge in [0.25, 0.3) is 5.91 Å². The molecule has 1 saturated heterocycles. The molecule has 4 heteroatoms. The zero-order valence-electron chi connectivity index (χ0n) is 14.5. The molecule has 0 unspecified atom stereocenters. The molecule has 4 nitrogen and oxygen atoms in total. The van der Waals surface area contributed by atoms with E-state index in [0.29, 0.717) is 23.9 Å². The average molecular weight is 324 g/mol. The Labute approximate surface area is 143 Å². The van der Waals surface area contributed by atoms with Crippen molar-refractivity contribution in [2.75, 3.05) is 6.54 Å². The van der Waals surface area contributed by atoms with E-state index in [0.717, 1.165) is 24.0 Å². The smallest absolute Gasteiger partial charge is 0.255 e. The molecule has 0 radical (unpaired) electrons. The highest BCUT2D eigenvalue weighted by atomic mass is 16.2. The van der Waals surface area contributed by atoms with Crippen molar-refractivity contribution in [1.29, 1.82) is 0 Å². The molecule has 0 bridgehead atoms. The minimum Gasteiger partial charge on any atom is -0.368 e. The minimum atomic E-state index is -0.458. The van der Waals surface area contributed by atoms with Gasteiger partial charge >= 0.3 is 0 Å². The van der Waals surface area contributed by atoms with Crippen molar-refractivity contribution in [2.24, 2.45) is 23.5 Å². The molecule has 3 atom stereocenters. The Bertz CT molecular complexity index is 742. The predicted molar refractivity (Wildman–Crippen MR) is 93.1 cm³/mol. The van der Waals surface area contributed by atoms with Crippen LogP contribution in [0.4, 0.5) is 0 Å². The summed E-state index contributed by atoms with van der Waals surface area (Å²) in [6, 6.07) is 5.22. The number of primary amides is 1. The van der Waals surface area contributed by atoms with E-state index >= 15 is 0 Å². The van der Waals surface area contributed by atoms with Gasteiger partial charge in [-0.05, 0) is 48.8 Å². The fraction of sp³-hybridized carbons (Fsp3) is 0.500. The molecule has 1 aromatic carbocycles. The molecule has 2 aliphatic rings. The molecule has 24 heavy (non-hydrogen) atoms. The van der Waals surface area contributed by atoms with Gasteiger partial charge in [0.1, 0.15) is 6.04 Å². The van der Waals surface area contributed by atoms with E-state index in [-0.39, 0.29) is 11.8 Å². The second-order valence-corrected chi connectivity index (χ2v) is 7.41. The molecular formula is C20H24N2O2. The second-order valence-electron chi connectivity index (χ2n) is 7.41. The number of nitrogens with two attached hydrogens (primary N) is 1. The Morgan fingerprint density at radius 1 is 1.38 bits per heavy atom. The first-order chi connectivity index (χ1) is 11.4. The van der Waals surface area contributed by atoms with Crippen LogP contribution in [0.15, 0.2) is 18.2 Å². The largest absolute Gasteiger partial charge is 0.368 e. The summed E-state index contributed by atoms with van der Waals surface area (Å²) in [6.07, 6.45) is 1.80. The van der Waals surface area contributed by atoms with Crippen LogP contribution in [0.2, 0.25) is 0 Å². The monoisotopic (exact) mass is 324 g/mol. The maximum absolute atomic E-state index is 13.0. The van der Waals surface area contributed by atoms with Gasteiger partial charge in [0.2, 0.25) is 5.91 Å². The van der Waals surface area contributed by atoms with Crippen LogP contribution in [0.3, 0.4) is 0 Å². The molecule has 0 spiro atoms. The highest BCUT2D eigenvalue weighted by molar-refractivity contribution is 6.00. The number of hydrogen-bond acceptors (Lipinski definition) is 2. The Hall–Kier alpha value is -2.28. The molecule has 2 fully saturated rings. The number of benzene rings is 1. The van der Waals surface area contributed by atoms with Crippen molar-refractivity contribution >= 4 is 11.8 Å². The second kappa shape index (κ2) is 6.32. The number of carbonyl (C=O) groups excluding carboxylic acids is 2. The quantitative estimate of drug-likeness (QED) is 0.868. The van der Waals surface area contributed by atoms with Gasteiger partial charge in [-0.3, -0.25) is 9.59 Å². The first-order valence-corrected chi connectivity index (χ1v) is 8.58. The number of likely N-dealkylation sites (tertiary alicyclic amines) is 1. The normalized spacial score (nSPS) is 24.3. The van der Waals surface area contributed by atoms with E-state index in [4.69, 9.17) is 5.73 Å². The van der Waals surface area contributed by atoms with Crippen LogP contribution in [-0.2, 0) is 4.79 Å². The number of amides is 2. The summed E-state index contributed by atoms with van der Waals surface area (Å²) in [6.45, 7) is 6.85. The highest BCUT2D eigenvalue weighted by Gasteiger charge is 2.56.